The molecule has 0 spiro atoms. The summed E-state index contributed by atoms with van der Waals surface area (Å²) in [5.41, 5.74) is 6.79. The summed E-state index contributed by atoms with van der Waals surface area (Å²) in [4.78, 5) is 0. The number of nitrogens with two attached hydrogens (primary N) is 1. The summed E-state index contributed by atoms with van der Waals surface area (Å²) in [5, 5.41) is 0.0464. The van der Waals surface area contributed by atoms with Gasteiger partial charge in [0.15, 0.2) is 0 Å². The second-order valence-corrected chi connectivity index (χ2v) is 6.78. The summed E-state index contributed by atoms with van der Waals surface area (Å²) in [6, 6.07) is 0. The lowest BCUT2D eigenvalue weighted by molar-refractivity contribution is 0.721. The molecule has 0 aromatic heterocycles. The Bertz CT molecular complexity index is 95.9. The summed E-state index contributed by atoms with van der Waals surface area (Å²) in [5.74, 6) is 0. The maximum absolute atomic E-state index is 5.98. The van der Waals surface area contributed by atoms with Crippen LogP contribution in [0.2, 0.25) is 0 Å². The van der Waals surface area contributed by atoms with Gasteiger partial charge < -0.3 is 5.73 Å². The molecule has 2 atom stereocenters. The lowest BCUT2D eigenvalue weighted by Gasteiger charge is -2.32. The standard InChI is InChI=1S/C8H20NP/c1-6-7(2)10(5)8(3,4)9/h7H,6,9H2,1-5H3. The van der Waals surface area contributed by atoms with Gasteiger partial charge in [-0.3, -0.25) is 0 Å². The fourth-order valence-corrected chi connectivity index (χ4v) is 2.53. The van der Waals surface area contributed by atoms with E-state index in [0.29, 0.717) is 0 Å². The van der Waals surface area contributed by atoms with E-state index in [1.165, 1.54) is 6.42 Å². The molecule has 0 heterocycles. The molecule has 0 bridgehead atoms. The predicted octanol–water partition coefficient (Wildman–Crippen LogP) is 2.59. The lowest BCUT2D eigenvalue weighted by atomic mass is 10.4. The minimum Gasteiger partial charge on any atom is -0.322 e. The van der Waals surface area contributed by atoms with E-state index in [-0.39, 0.29) is 13.2 Å². The van der Waals surface area contributed by atoms with Gasteiger partial charge in [-0.2, -0.15) is 0 Å². The van der Waals surface area contributed by atoms with Crippen molar-refractivity contribution in [3.05, 3.63) is 0 Å². The molecule has 0 fully saturated rings. The van der Waals surface area contributed by atoms with Crippen molar-refractivity contribution in [3.8, 4) is 0 Å². The quantitative estimate of drug-likeness (QED) is 0.632. The van der Waals surface area contributed by atoms with Crippen molar-refractivity contribution in [3.63, 3.8) is 0 Å². The van der Waals surface area contributed by atoms with Crippen LogP contribution < -0.4 is 5.73 Å². The first kappa shape index (κ1) is 10.4. The summed E-state index contributed by atoms with van der Waals surface area (Å²) in [6.07, 6.45) is 1.25. The van der Waals surface area contributed by atoms with E-state index in [4.69, 9.17) is 5.73 Å². The van der Waals surface area contributed by atoms with Crippen LogP contribution in [0, 0.1) is 0 Å². The number of hydrogen-bond donors (Lipinski definition) is 1. The van der Waals surface area contributed by atoms with Gasteiger partial charge in [-0.05, 0) is 32.6 Å². The van der Waals surface area contributed by atoms with Crippen molar-refractivity contribution in [1.82, 2.24) is 0 Å². The Morgan fingerprint density at radius 1 is 1.50 bits per heavy atom. The highest BCUT2D eigenvalue weighted by Gasteiger charge is 2.23. The average molecular weight is 161 g/mol. The van der Waals surface area contributed by atoms with E-state index in [0.717, 1.165) is 5.66 Å². The fraction of sp³-hybridized carbons (Fsp3) is 1.00. The Hall–Kier alpha value is 0.390. The molecule has 0 saturated carbocycles. The van der Waals surface area contributed by atoms with E-state index >= 15 is 0 Å². The van der Waals surface area contributed by atoms with Crippen molar-refractivity contribution < 1.29 is 0 Å². The molecule has 2 unspecified atom stereocenters. The molecular weight excluding hydrogens is 141 g/mol. The largest absolute Gasteiger partial charge is 0.322 e. The zero-order chi connectivity index (χ0) is 8.36. The van der Waals surface area contributed by atoms with Gasteiger partial charge in [0, 0.05) is 5.28 Å². The highest BCUT2D eigenvalue weighted by molar-refractivity contribution is 7.59. The topological polar surface area (TPSA) is 26.0 Å². The molecule has 0 aliphatic rings. The van der Waals surface area contributed by atoms with Crippen molar-refractivity contribution in [2.75, 3.05) is 6.66 Å². The van der Waals surface area contributed by atoms with Gasteiger partial charge in [0.1, 0.15) is 0 Å². The Labute approximate surface area is 66.1 Å². The van der Waals surface area contributed by atoms with Crippen molar-refractivity contribution in [2.24, 2.45) is 5.73 Å². The number of rotatable bonds is 3. The molecule has 1 nitrogen and oxygen atoms in total. The molecule has 0 aliphatic carbocycles. The van der Waals surface area contributed by atoms with Gasteiger partial charge in [0.2, 0.25) is 0 Å². The molecule has 0 aromatic rings. The van der Waals surface area contributed by atoms with E-state index < -0.39 is 0 Å². The van der Waals surface area contributed by atoms with Crippen molar-refractivity contribution in [2.45, 2.75) is 45.1 Å². The van der Waals surface area contributed by atoms with E-state index in [1.54, 1.807) is 0 Å². The van der Waals surface area contributed by atoms with Crippen molar-refractivity contribution in [1.29, 1.82) is 0 Å². The van der Waals surface area contributed by atoms with Gasteiger partial charge in [-0.25, -0.2) is 0 Å². The maximum atomic E-state index is 5.98. The Kier molecular flexibility index (Phi) is 3.83. The third kappa shape index (κ3) is 2.98. The van der Waals surface area contributed by atoms with E-state index in [2.05, 4.69) is 34.4 Å². The minimum atomic E-state index is -0.00514. The van der Waals surface area contributed by atoms with Crippen LogP contribution in [0.15, 0.2) is 0 Å². The first-order valence-electron chi connectivity index (χ1n) is 3.91. The summed E-state index contributed by atoms with van der Waals surface area (Å²) in [7, 11) is -0.00514. The highest BCUT2D eigenvalue weighted by atomic mass is 31.1. The zero-order valence-corrected chi connectivity index (χ0v) is 8.70. The van der Waals surface area contributed by atoms with Gasteiger partial charge in [-0.1, -0.05) is 21.8 Å². The van der Waals surface area contributed by atoms with Crippen LogP contribution in [0.3, 0.4) is 0 Å². The van der Waals surface area contributed by atoms with Gasteiger partial charge in [0.05, 0.1) is 0 Å². The monoisotopic (exact) mass is 161 g/mol. The molecule has 62 valence electrons. The second kappa shape index (κ2) is 3.69. The molecule has 0 aromatic carbocycles. The first-order valence-corrected chi connectivity index (χ1v) is 5.77. The van der Waals surface area contributed by atoms with Crippen LogP contribution in [0.25, 0.3) is 0 Å². The molecule has 0 saturated heterocycles. The maximum Gasteiger partial charge on any atom is 0.0298 e. The number of hydrogen-bond acceptors (Lipinski definition) is 1. The first-order chi connectivity index (χ1) is 4.39. The van der Waals surface area contributed by atoms with Gasteiger partial charge in [0.25, 0.3) is 0 Å². The smallest absolute Gasteiger partial charge is 0.0298 e. The van der Waals surface area contributed by atoms with Crippen LogP contribution in [-0.2, 0) is 0 Å². The molecule has 0 amide bonds. The van der Waals surface area contributed by atoms with Crippen LogP contribution >= 0.6 is 7.92 Å². The van der Waals surface area contributed by atoms with Gasteiger partial charge >= 0.3 is 0 Å². The van der Waals surface area contributed by atoms with Crippen LogP contribution in [0.5, 0.6) is 0 Å². The van der Waals surface area contributed by atoms with E-state index in [1.807, 2.05) is 0 Å². The van der Waals surface area contributed by atoms with Crippen molar-refractivity contribution >= 4 is 7.92 Å². The summed E-state index contributed by atoms with van der Waals surface area (Å²) in [6.45, 7) is 11.1. The SMILES string of the molecule is CCC(C)P(C)C(C)(C)N. The summed E-state index contributed by atoms with van der Waals surface area (Å²) >= 11 is 0. The third-order valence-electron chi connectivity index (χ3n) is 2.16. The van der Waals surface area contributed by atoms with Crippen LogP contribution in [-0.4, -0.2) is 17.6 Å². The Balaban J connectivity index is 3.94. The van der Waals surface area contributed by atoms with Gasteiger partial charge in [-0.15, -0.1) is 0 Å². The highest BCUT2D eigenvalue weighted by Crippen LogP contribution is 2.47. The molecule has 0 aliphatic heterocycles. The zero-order valence-electron chi connectivity index (χ0n) is 7.81. The molecular formula is C8H20NP. The van der Waals surface area contributed by atoms with Crippen LogP contribution in [0.1, 0.15) is 34.1 Å². The average Bonchev–Trinajstić information content (AvgIpc) is 1.83. The second-order valence-electron chi connectivity index (χ2n) is 3.52. The Morgan fingerprint density at radius 3 is 2.00 bits per heavy atom. The van der Waals surface area contributed by atoms with Crippen LogP contribution in [0.4, 0.5) is 0 Å². The molecule has 0 radical (unpaired) electrons. The lowest BCUT2D eigenvalue weighted by Crippen LogP contribution is -2.32. The minimum absolute atomic E-state index is 0.00514. The summed E-state index contributed by atoms with van der Waals surface area (Å²) < 4.78 is 0. The third-order valence-corrected chi connectivity index (χ3v) is 5.67. The fourth-order valence-electron chi connectivity index (χ4n) is 0.842. The normalized spacial score (nSPS) is 18.6. The van der Waals surface area contributed by atoms with E-state index in [9.17, 15) is 0 Å². The molecule has 2 heteroatoms. The molecule has 10 heavy (non-hydrogen) atoms. The Morgan fingerprint density at radius 2 is 1.90 bits per heavy atom. The molecule has 0 rings (SSSR count). The molecule has 2 N–H and O–H groups in total. The predicted molar refractivity (Wildman–Crippen MR) is 50.9 cm³/mol.